The molecule has 3 heterocycles. The summed E-state index contributed by atoms with van der Waals surface area (Å²) in [6.07, 6.45) is 7.18. The molecule has 0 radical (unpaired) electrons. The summed E-state index contributed by atoms with van der Waals surface area (Å²) in [4.78, 5) is 8.57. The number of hydrogen-bond donors (Lipinski definition) is 0. The third-order valence-electron chi connectivity index (χ3n) is 2.96. The molecule has 0 atom stereocenters. The number of imidazole rings is 1. The summed E-state index contributed by atoms with van der Waals surface area (Å²) >= 11 is 1.61. The molecule has 0 saturated heterocycles. The minimum atomic E-state index is 0.825. The zero-order valence-electron chi connectivity index (χ0n) is 11.8. The molecule has 3 aromatic rings. The number of aryl methyl sites for hydroxylation is 3. The van der Waals surface area contributed by atoms with Crippen LogP contribution >= 0.6 is 9.42 Å². The fraction of sp³-hybridized carbons (Fsp3) is 0.214. The number of pyridine rings is 1. The molecular weight excluding hydrogens is 469 g/mol. The van der Waals surface area contributed by atoms with Crippen molar-refractivity contribution in [3.63, 3.8) is 0 Å². The average Bonchev–Trinajstić information content (AvgIpc) is 3.07. The van der Waals surface area contributed by atoms with E-state index in [9.17, 15) is 0 Å². The van der Waals surface area contributed by atoms with Crippen molar-refractivity contribution in [1.29, 1.82) is 0 Å². The Morgan fingerprint density at radius 1 is 1.24 bits per heavy atom. The second kappa shape index (κ2) is 7.01. The Kier molecular flexibility index (Phi) is 5.32. The van der Waals surface area contributed by atoms with Crippen LogP contribution in [0.5, 0.6) is 0 Å². The molecule has 112 valence electrons. The third-order valence-corrected chi connectivity index (χ3v) is 2.96. The fourth-order valence-corrected chi connectivity index (χ4v) is 2.10. The van der Waals surface area contributed by atoms with Crippen LogP contribution in [0.15, 0.2) is 30.9 Å². The Balaban J connectivity index is 0.000000774. The standard InChI is InChI=1S/C14H14N5.ClH.Pt/c1-10-6-11(2)19(17-10)13-7-12(8-15-9-13)14-16-4-5-18(14)3;;/h4-6,8-9H,1-3H3;1H;/q-1;;+2/p-1. The molecule has 0 fully saturated rings. The molecule has 7 heteroatoms. The van der Waals surface area contributed by atoms with Crippen LogP contribution in [0.3, 0.4) is 0 Å². The minimum absolute atomic E-state index is 0.825. The van der Waals surface area contributed by atoms with E-state index < -0.39 is 0 Å². The third kappa shape index (κ3) is 3.42. The van der Waals surface area contributed by atoms with E-state index in [1.807, 2.05) is 42.4 Å². The van der Waals surface area contributed by atoms with E-state index in [0.717, 1.165) is 28.5 Å². The topological polar surface area (TPSA) is 48.5 Å². The molecule has 0 aliphatic heterocycles. The molecule has 3 aromatic heterocycles. The van der Waals surface area contributed by atoms with E-state index in [1.54, 1.807) is 37.4 Å². The van der Waals surface area contributed by atoms with Crippen LogP contribution in [-0.4, -0.2) is 24.3 Å². The molecular formula is C14H14ClN5Pt. The van der Waals surface area contributed by atoms with Crippen LogP contribution in [0.25, 0.3) is 17.1 Å². The van der Waals surface area contributed by atoms with Gasteiger partial charge in [-0.3, -0.25) is 9.67 Å². The average molecular weight is 483 g/mol. The second-order valence-corrected chi connectivity index (χ2v) is 4.53. The maximum absolute atomic E-state index is 4.61. The molecule has 0 unspecified atom stereocenters. The Morgan fingerprint density at radius 3 is 2.57 bits per heavy atom. The van der Waals surface area contributed by atoms with Crippen LogP contribution in [0.2, 0.25) is 0 Å². The van der Waals surface area contributed by atoms with Crippen LogP contribution in [-0.2, 0) is 25.8 Å². The molecule has 0 spiro atoms. The Hall–Kier alpha value is -1.45. The summed E-state index contributed by atoms with van der Waals surface area (Å²) in [7, 11) is 6.56. The number of rotatable bonds is 2. The summed E-state index contributed by atoms with van der Waals surface area (Å²) in [5.41, 5.74) is 3.73. The van der Waals surface area contributed by atoms with E-state index in [2.05, 4.69) is 30.6 Å². The molecule has 0 N–H and O–H groups in total. The zero-order chi connectivity index (χ0) is 15.4. The van der Waals surface area contributed by atoms with Crippen LogP contribution < -0.4 is 0 Å². The van der Waals surface area contributed by atoms with Gasteiger partial charge >= 0.3 is 28.2 Å². The molecule has 0 saturated carbocycles. The van der Waals surface area contributed by atoms with Crippen LogP contribution in [0.4, 0.5) is 0 Å². The van der Waals surface area contributed by atoms with Crippen molar-refractivity contribution in [3.8, 4) is 17.1 Å². The number of aromatic nitrogens is 5. The van der Waals surface area contributed by atoms with E-state index in [4.69, 9.17) is 0 Å². The summed E-state index contributed by atoms with van der Waals surface area (Å²) in [6.45, 7) is 3.99. The van der Waals surface area contributed by atoms with Gasteiger partial charge in [0, 0.05) is 30.8 Å². The van der Waals surface area contributed by atoms with Gasteiger partial charge in [-0.2, -0.15) is 5.10 Å². The van der Waals surface area contributed by atoms with E-state index in [-0.39, 0.29) is 0 Å². The van der Waals surface area contributed by atoms with Crippen molar-refractivity contribution in [2.24, 2.45) is 7.05 Å². The van der Waals surface area contributed by atoms with E-state index in [0.29, 0.717) is 0 Å². The second-order valence-electron chi connectivity index (χ2n) is 4.53. The first kappa shape index (κ1) is 15.9. The van der Waals surface area contributed by atoms with Gasteiger partial charge in [-0.1, -0.05) is 11.8 Å². The van der Waals surface area contributed by atoms with Gasteiger partial charge in [0.05, 0.1) is 11.5 Å². The number of halogens is 1. The zero-order valence-corrected chi connectivity index (χ0v) is 14.8. The molecule has 0 amide bonds. The first-order valence-electron chi connectivity index (χ1n) is 6.16. The van der Waals surface area contributed by atoms with E-state index in [1.165, 1.54) is 0 Å². The van der Waals surface area contributed by atoms with Crippen molar-refractivity contribution < 1.29 is 18.8 Å². The molecule has 5 nitrogen and oxygen atoms in total. The Morgan fingerprint density at radius 2 is 2.00 bits per heavy atom. The normalized spacial score (nSPS) is 10.2. The summed E-state index contributed by atoms with van der Waals surface area (Å²) < 4.78 is 3.78. The van der Waals surface area contributed by atoms with Crippen molar-refractivity contribution in [2.75, 3.05) is 0 Å². The molecule has 3 rings (SSSR count). The monoisotopic (exact) mass is 482 g/mol. The van der Waals surface area contributed by atoms with Crippen LogP contribution in [0.1, 0.15) is 11.4 Å². The summed E-state index contributed by atoms with van der Waals surface area (Å²) in [5.74, 6) is 0.843. The Bertz CT molecular complexity index is 735. The summed E-state index contributed by atoms with van der Waals surface area (Å²) in [6, 6.07) is 5.34. The van der Waals surface area contributed by atoms with Gasteiger partial charge in [0.1, 0.15) is 0 Å². The van der Waals surface area contributed by atoms with Crippen LogP contribution in [0, 0.1) is 19.9 Å². The van der Waals surface area contributed by atoms with Gasteiger partial charge in [0.25, 0.3) is 0 Å². The fourth-order valence-electron chi connectivity index (χ4n) is 2.10. The van der Waals surface area contributed by atoms with Crippen molar-refractivity contribution in [1.82, 2.24) is 24.3 Å². The molecule has 0 bridgehead atoms. The van der Waals surface area contributed by atoms with E-state index >= 15 is 0 Å². The Labute approximate surface area is 138 Å². The predicted octanol–water partition coefficient (Wildman–Crippen LogP) is 2.77. The number of hydrogen-bond acceptors (Lipinski definition) is 3. The van der Waals surface area contributed by atoms with Gasteiger partial charge < -0.3 is 9.55 Å². The van der Waals surface area contributed by atoms with Crippen molar-refractivity contribution >= 4 is 9.42 Å². The van der Waals surface area contributed by atoms with Gasteiger partial charge in [-0.25, -0.2) is 0 Å². The van der Waals surface area contributed by atoms with Gasteiger partial charge in [-0.05, 0) is 26.1 Å². The predicted molar refractivity (Wildman–Crippen MR) is 77.7 cm³/mol. The van der Waals surface area contributed by atoms with Gasteiger partial charge in [-0.15, -0.1) is 6.07 Å². The number of nitrogens with zero attached hydrogens (tertiary/aromatic N) is 5. The molecule has 21 heavy (non-hydrogen) atoms. The first-order chi connectivity index (χ1) is 10.1. The quantitative estimate of drug-likeness (QED) is 0.528. The molecule has 0 aliphatic carbocycles. The van der Waals surface area contributed by atoms with Crippen molar-refractivity contribution in [3.05, 3.63) is 48.3 Å². The van der Waals surface area contributed by atoms with Gasteiger partial charge in [0.2, 0.25) is 0 Å². The summed E-state index contributed by atoms with van der Waals surface area (Å²) in [5, 5.41) is 4.44. The van der Waals surface area contributed by atoms with Crippen molar-refractivity contribution in [2.45, 2.75) is 13.8 Å². The SMILES string of the molecule is Cc1cc(C)n(-c2[c-]c(-c3nccn3C)cnc2)n1.[Cl][Pt+]. The maximum atomic E-state index is 4.61. The molecule has 0 aromatic carbocycles. The molecule has 0 aliphatic rings. The first-order valence-corrected chi connectivity index (χ1v) is 8.97. The van der Waals surface area contributed by atoms with Gasteiger partial charge in [0.15, 0.2) is 0 Å².